The maximum atomic E-state index is 13.4. The van der Waals surface area contributed by atoms with Crippen LogP contribution in [-0.4, -0.2) is 40.4 Å². The predicted molar refractivity (Wildman–Crippen MR) is 142 cm³/mol. The topological polar surface area (TPSA) is 124 Å². The smallest absolute Gasteiger partial charge is 0.335 e. The molecule has 0 aliphatic carbocycles. The lowest BCUT2D eigenvalue weighted by Crippen LogP contribution is -2.47. The van der Waals surface area contributed by atoms with Crippen molar-refractivity contribution in [1.82, 2.24) is 18.8 Å². The van der Waals surface area contributed by atoms with Crippen LogP contribution < -0.4 is 16.6 Å². The number of benzene rings is 2. The Hall–Kier alpha value is -4.03. The number of nitrogens with zero attached hydrogens (tertiary/aromatic N) is 3. The van der Waals surface area contributed by atoms with Gasteiger partial charge in [-0.2, -0.15) is 4.31 Å². The zero-order chi connectivity index (χ0) is 27.9. The van der Waals surface area contributed by atoms with Crippen LogP contribution in [0.5, 0.6) is 0 Å². The zero-order valence-corrected chi connectivity index (χ0v) is 22.2. The first-order valence-electron chi connectivity index (χ1n) is 12.5. The van der Waals surface area contributed by atoms with Crippen molar-refractivity contribution in [3.05, 3.63) is 93.0 Å². The van der Waals surface area contributed by atoms with Gasteiger partial charge in [0.25, 0.3) is 15.6 Å². The average molecular weight is 555 g/mol. The van der Waals surface area contributed by atoms with Crippen molar-refractivity contribution in [3.63, 3.8) is 0 Å². The Balaban J connectivity index is 1.41. The van der Waals surface area contributed by atoms with Gasteiger partial charge in [-0.15, -0.1) is 0 Å². The van der Waals surface area contributed by atoms with Gasteiger partial charge >= 0.3 is 5.69 Å². The maximum absolute atomic E-state index is 13.4. The van der Waals surface area contributed by atoms with Gasteiger partial charge in [-0.1, -0.05) is 18.2 Å². The first-order valence-corrected chi connectivity index (χ1v) is 13.9. The van der Waals surface area contributed by atoms with Crippen molar-refractivity contribution in [2.45, 2.75) is 50.4 Å². The fourth-order valence-electron chi connectivity index (χ4n) is 4.78. The molecule has 0 unspecified atom stereocenters. The molecule has 1 N–H and O–H groups in total. The van der Waals surface area contributed by atoms with Crippen molar-refractivity contribution in [3.8, 4) is 5.69 Å². The minimum atomic E-state index is -4.09. The Kier molecular flexibility index (Phi) is 7.00. The van der Waals surface area contributed by atoms with Gasteiger partial charge in [-0.3, -0.25) is 18.7 Å². The lowest BCUT2D eigenvalue weighted by atomic mass is 10.2. The highest BCUT2D eigenvalue weighted by atomic mass is 32.2. The van der Waals surface area contributed by atoms with E-state index < -0.39 is 45.1 Å². The van der Waals surface area contributed by atoms with Crippen molar-refractivity contribution in [1.29, 1.82) is 0 Å². The molecule has 0 spiro atoms. The number of furan rings is 1. The molecular weight excluding hydrogens is 527 g/mol. The summed E-state index contributed by atoms with van der Waals surface area (Å²) in [5, 5.41) is 3.06. The van der Waals surface area contributed by atoms with E-state index in [2.05, 4.69) is 5.32 Å². The van der Waals surface area contributed by atoms with Crippen molar-refractivity contribution < 1.29 is 22.0 Å². The molecule has 2 aromatic carbocycles. The molecule has 1 atom stereocenters. The van der Waals surface area contributed by atoms with Gasteiger partial charge in [0.15, 0.2) is 0 Å². The van der Waals surface area contributed by atoms with Crippen LogP contribution in [0.2, 0.25) is 0 Å². The van der Waals surface area contributed by atoms with Crippen LogP contribution in [0.25, 0.3) is 16.7 Å². The predicted octanol–water partition coefficient (Wildman–Crippen LogP) is 2.93. The number of carbonyl (C=O) groups is 1. The van der Waals surface area contributed by atoms with E-state index >= 15 is 0 Å². The standard InChI is InChI=1S/C27H27FN4O6S/c1-17(2)32-26(34)19(16-30(27(32)35)21-11-9-20(28)10-12-21)15-29-25(33)22-7-5-13-31(22)39(36,37)24-14-18-6-3-4-8-23(18)38-24/h3-4,6,8-12,14,16-17,22H,5,7,13,15H2,1-2H3,(H,29,33)/t22-/m0/s1. The Morgan fingerprint density at radius 1 is 1.13 bits per heavy atom. The average Bonchev–Trinajstić information content (AvgIpc) is 3.57. The molecule has 12 heteroatoms. The van der Waals surface area contributed by atoms with E-state index in [0.717, 1.165) is 8.87 Å². The van der Waals surface area contributed by atoms with Crippen molar-refractivity contribution in [2.24, 2.45) is 0 Å². The summed E-state index contributed by atoms with van der Waals surface area (Å²) in [6, 6.07) is 12.1. The van der Waals surface area contributed by atoms with E-state index in [1.165, 1.54) is 41.1 Å². The fraction of sp³-hybridized carbons (Fsp3) is 0.296. The monoisotopic (exact) mass is 554 g/mol. The summed E-state index contributed by atoms with van der Waals surface area (Å²) >= 11 is 0. The zero-order valence-electron chi connectivity index (χ0n) is 21.3. The largest absolute Gasteiger partial charge is 0.443 e. The van der Waals surface area contributed by atoms with Crippen LogP contribution in [0.4, 0.5) is 4.39 Å². The summed E-state index contributed by atoms with van der Waals surface area (Å²) in [6.07, 6.45) is 2.10. The molecule has 0 radical (unpaired) electrons. The highest BCUT2D eigenvalue weighted by Gasteiger charge is 2.41. The first-order chi connectivity index (χ1) is 18.6. The molecule has 39 heavy (non-hydrogen) atoms. The Bertz CT molecular complexity index is 1740. The van der Waals surface area contributed by atoms with E-state index in [-0.39, 0.29) is 23.7 Å². The second-order valence-corrected chi connectivity index (χ2v) is 11.5. The number of hydrogen-bond acceptors (Lipinski definition) is 6. The molecule has 1 aliphatic heterocycles. The number of rotatable bonds is 7. The number of fused-ring (bicyclic) bond motifs is 1. The molecule has 1 amide bonds. The number of amides is 1. The minimum Gasteiger partial charge on any atom is -0.443 e. The summed E-state index contributed by atoms with van der Waals surface area (Å²) < 4.78 is 49.1. The van der Waals surface area contributed by atoms with Gasteiger partial charge in [0.2, 0.25) is 11.0 Å². The third-order valence-electron chi connectivity index (χ3n) is 6.74. The van der Waals surface area contributed by atoms with E-state index in [4.69, 9.17) is 4.42 Å². The number of carbonyl (C=O) groups excluding carboxylic acids is 1. The quantitative estimate of drug-likeness (QED) is 0.375. The molecule has 4 aromatic rings. The fourth-order valence-corrected chi connectivity index (χ4v) is 6.39. The van der Waals surface area contributed by atoms with Crippen LogP contribution in [-0.2, 0) is 21.4 Å². The van der Waals surface area contributed by atoms with Crippen molar-refractivity contribution in [2.75, 3.05) is 6.54 Å². The van der Waals surface area contributed by atoms with Crippen LogP contribution in [0.1, 0.15) is 38.3 Å². The summed E-state index contributed by atoms with van der Waals surface area (Å²) in [5.41, 5.74) is -0.288. The molecule has 1 saturated heterocycles. The van der Waals surface area contributed by atoms with Crippen molar-refractivity contribution >= 4 is 26.9 Å². The third-order valence-corrected chi connectivity index (χ3v) is 8.50. The summed E-state index contributed by atoms with van der Waals surface area (Å²) in [6.45, 7) is 3.27. The SMILES string of the molecule is CC(C)n1c(=O)c(CNC(=O)[C@@H]2CCCN2S(=O)(=O)c2cc3ccccc3o2)cn(-c2ccc(F)cc2)c1=O. The van der Waals surface area contributed by atoms with Gasteiger partial charge in [-0.25, -0.2) is 17.6 Å². The first kappa shape index (κ1) is 26.6. The molecule has 1 fully saturated rings. The molecule has 0 saturated carbocycles. The molecule has 3 heterocycles. The number of nitrogens with one attached hydrogen (secondary N) is 1. The summed E-state index contributed by atoms with van der Waals surface area (Å²) in [4.78, 5) is 39.3. The number of aromatic nitrogens is 2. The normalized spacial score (nSPS) is 16.3. The molecule has 0 bridgehead atoms. The maximum Gasteiger partial charge on any atom is 0.335 e. The van der Waals surface area contributed by atoms with Gasteiger partial charge in [-0.05, 0) is 57.0 Å². The lowest BCUT2D eigenvalue weighted by Gasteiger charge is -2.22. The number of para-hydroxylation sites is 1. The second kappa shape index (κ2) is 10.3. The highest BCUT2D eigenvalue weighted by Crippen LogP contribution is 2.30. The molecule has 5 rings (SSSR count). The van der Waals surface area contributed by atoms with Gasteiger partial charge in [0, 0.05) is 36.8 Å². The molecule has 1 aliphatic rings. The van der Waals surface area contributed by atoms with Gasteiger partial charge < -0.3 is 9.73 Å². The molecule has 204 valence electrons. The number of halogens is 1. The molecule has 2 aromatic heterocycles. The third kappa shape index (κ3) is 4.92. The van der Waals surface area contributed by atoms with Crippen LogP contribution in [0, 0.1) is 5.82 Å². The van der Waals surface area contributed by atoms with E-state index in [0.29, 0.717) is 29.5 Å². The molecular formula is C27H27FN4O6S. The summed E-state index contributed by atoms with van der Waals surface area (Å²) in [5.74, 6) is -1.04. The van der Waals surface area contributed by atoms with Gasteiger partial charge in [0.1, 0.15) is 17.4 Å². The van der Waals surface area contributed by atoms with Crippen LogP contribution >= 0.6 is 0 Å². The lowest BCUT2D eigenvalue weighted by molar-refractivity contribution is -0.124. The Morgan fingerprint density at radius 2 is 1.85 bits per heavy atom. The minimum absolute atomic E-state index is 0.116. The van der Waals surface area contributed by atoms with E-state index in [1.807, 2.05) is 0 Å². The highest BCUT2D eigenvalue weighted by molar-refractivity contribution is 7.89. The number of hydrogen-bond donors (Lipinski definition) is 1. The van der Waals surface area contributed by atoms with E-state index in [1.54, 1.807) is 38.1 Å². The number of sulfonamides is 1. The Labute approximate surface area is 223 Å². The van der Waals surface area contributed by atoms with Crippen LogP contribution in [0.3, 0.4) is 0 Å². The summed E-state index contributed by atoms with van der Waals surface area (Å²) in [7, 11) is -4.09. The van der Waals surface area contributed by atoms with Crippen LogP contribution in [0.15, 0.2) is 79.9 Å². The molecule has 10 nitrogen and oxygen atoms in total. The van der Waals surface area contributed by atoms with Gasteiger partial charge in [0.05, 0.1) is 11.3 Å². The van der Waals surface area contributed by atoms with E-state index in [9.17, 15) is 27.2 Å². The Morgan fingerprint density at radius 3 is 2.54 bits per heavy atom. The second-order valence-electron chi connectivity index (χ2n) is 9.65.